The molecule has 0 unspecified atom stereocenters. The molecule has 0 aliphatic heterocycles. The highest BCUT2D eigenvalue weighted by atomic mass is 35.5. The minimum absolute atomic E-state index is 0.125. The van der Waals surface area contributed by atoms with Gasteiger partial charge in [-0.25, -0.2) is 4.72 Å². The Morgan fingerprint density at radius 3 is 2.61 bits per heavy atom. The van der Waals surface area contributed by atoms with E-state index in [9.17, 15) is 13.2 Å². The van der Waals surface area contributed by atoms with Crippen molar-refractivity contribution in [3.05, 3.63) is 39.1 Å². The summed E-state index contributed by atoms with van der Waals surface area (Å²) in [5.41, 5.74) is 0.796. The summed E-state index contributed by atoms with van der Waals surface area (Å²) in [4.78, 5) is 14.8. The highest BCUT2D eigenvalue weighted by Crippen LogP contribution is 2.28. The van der Waals surface area contributed by atoms with Crippen LogP contribution in [-0.4, -0.2) is 45.5 Å². The highest BCUT2D eigenvalue weighted by Gasteiger charge is 2.13. The number of fused-ring (bicyclic) bond motifs is 1. The third kappa shape index (κ3) is 4.03. The van der Waals surface area contributed by atoms with Crippen LogP contribution in [0.2, 0.25) is 5.02 Å². The van der Waals surface area contributed by atoms with Crippen LogP contribution >= 0.6 is 11.6 Å². The number of methoxy groups -OCH3 is 1. The molecule has 0 bridgehead atoms. The van der Waals surface area contributed by atoms with Crippen LogP contribution in [-0.2, 0) is 16.6 Å². The zero-order valence-electron chi connectivity index (χ0n) is 13.0. The zero-order chi connectivity index (χ0) is 17.2. The number of halogens is 1. The molecule has 126 valence electrons. The van der Waals surface area contributed by atoms with Gasteiger partial charge in [-0.05, 0) is 24.6 Å². The minimum Gasteiger partial charge on any atom is -0.495 e. The summed E-state index contributed by atoms with van der Waals surface area (Å²) < 4.78 is 31.9. The molecule has 0 aliphatic rings. The van der Waals surface area contributed by atoms with E-state index >= 15 is 0 Å². The van der Waals surface area contributed by atoms with Crippen LogP contribution in [0.5, 0.6) is 5.75 Å². The molecule has 0 amide bonds. The van der Waals surface area contributed by atoms with Crippen LogP contribution in [0.4, 0.5) is 0 Å². The van der Waals surface area contributed by atoms with Crippen LogP contribution in [0, 0.1) is 0 Å². The molecule has 0 radical (unpaired) electrons. The van der Waals surface area contributed by atoms with E-state index in [-0.39, 0.29) is 18.5 Å². The fourth-order valence-electron chi connectivity index (χ4n) is 2.04. The van der Waals surface area contributed by atoms with E-state index in [1.165, 1.54) is 21.2 Å². The fraction of sp³-hybridized carbons (Fsp3) is 0.357. The molecule has 2 N–H and O–H groups in total. The Kier molecular flexibility index (Phi) is 5.30. The van der Waals surface area contributed by atoms with Gasteiger partial charge in [0.05, 0.1) is 17.6 Å². The molecular formula is C14H18ClN3O4S. The van der Waals surface area contributed by atoms with Crippen LogP contribution in [0.25, 0.3) is 10.9 Å². The summed E-state index contributed by atoms with van der Waals surface area (Å²) in [5, 5.41) is 1.17. The van der Waals surface area contributed by atoms with Crippen molar-refractivity contribution in [1.29, 1.82) is 0 Å². The standard InChI is InChI=1S/C14H18ClN3O4S/c1-18(2)23(20,21)16-5-4-9-6-10-7-13(22-3)11(15)8-12(10)17-14(9)19/h6-8,16H,4-5H2,1-3H3,(H,17,19). The molecule has 1 aromatic heterocycles. The van der Waals surface area contributed by atoms with Gasteiger partial charge in [-0.2, -0.15) is 12.7 Å². The van der Waals surface area contributed by atoms with Gasteiger partial charge in [-0.3, -0.25) is 4.79 Å². The second-order valence-corrected chi connectivity index (χ2v) is 7.51. The van der Waals surface area contributed by atoms with Crippen molar-refractivity contribution in [2.75, 3.05) is 27.7 Å². The van der Waals surface area contributed by atoms with Gasteiger partial charge in [-0.15, -0.1) is 0 Å². The van der Waals surface area contributed by atoms with Crippen LogP contribution in [0.3, 0.4) is 0 Å². The Morgan fingerprint density at radius 1 is 1.30 bits per heavy atom. The van der Waals surface area contributed by atoms with Crippen molar-refractivity contribution in [2.45, 2.75) is 6.42 Å². The van der Waals surface area contributed by atoms with Crippen molar-refractivity contribution in [3.8, 4) is 5.75 Å². The fourth-order valence-corrected chi connectivity index (χ4v) is 2.90. The Bertz CT molecular complexity index is 877. The number of rotatable bonds is 6. The molecule has 23 heavy (non-hydrogen) atoms. The summed E-state index contributed by atoms with van der Waals surface area (Å²) in [6.07, 6.45) is 0.267. The maximum Gasteiger partial charge on any atom is 0.278 e. The number of benzene rings is 1. The van der Waals surface area contributed by atoms with Gasteiger partial charge in [-0.1, -0.05) is 11.6 Å². The molecule has 2 aromatic rings. The number of hydrogen-bond donors (Lipinski definition) is 2. The van der Waals surface area contributed by atoms with Crippen molar-refractivity contribution >= 4 is 32.7 Å². The first-order valence-electron chi connectivity index (χ1n) is 6.81. The Morgan fingerprint density at radius 2 is 2.00 bits per heavy atom. The van der Waals surface area contributed by atoms with Gasteiger partial charge >= 0.3 is 0 Å². The average Bonchev–Trinajstić information content (AvgIpc) is 2.47. The molecule has 1 aromatic carbocycles. The molecule has 9 heteroatoms. The molecule has 0 spiro atoms. The maximum atomic E-state index is 12.1. The molecule has 1 heterocycles. The number of H-pyrrole nitrogens is 1. The normalized spacial score (nSPS) is 12.0. The number of nitrogens with zero attached hydrogens (tertiary/aromatic N) is 1. The molecular weight excluding hydrogens is 342 g/mol. The molecule has 0 saturated heterocycles. The predicted molar refractivity (Wildman–Crippen MR) is 90.4 cm³/mol. The smallest absolute Gasteiger partial charge is 0.278 e. The lowest BCUT2D eigenvalue weighted by molar-refractivity contribution is 0.415. The van der Waals surface area contributed by atoms with Gasteiger partial charge < -0.3 is 9.72 Å². The van der Waals surface area contributed by atoms with Crippen molar-refractivity contribution in [2.24, 2.45) is 0 Å². The van der Waals surface area contributed by atoms with Gasteiger partial charge in [0, 0.05) is 31.6 Å². The summed E-state index contributed by atoms with van der Waals surface area (Å²) >= 11 is 6.03. The summed E-state index contributed by atoms with van der Waals surface area (Å²) in [5.74, 6) is 0.505. The van der Waals surface area contributed by atoms with Gasteiger partial charge in [0.15, 0.2) is 0 Å². The SMILES string of the molecule is COc1cc2cc(CCNS(=O)(=O)N(C)C)c(=O)[nH]c2cc1Cl. The first kappa shape index (κ1) is 17.7. The number of aromatic nitrogens is 1. The van der Waals surface area contributed by atoms with E-state index in [1.807, 2.05) is 0 Å². The second kappa shape index (κ2) is 6.88. The zero-order valence-corrected chi connectivity index (χ0v) is 14.6. The van der Waals surface area contributed by atoms with Crippen molar-refractivity contribution in [3.63, 3.8) is 0 Å². The van der Waals surface area contributed by atoms with E-state index in [0.29, 0.717) is 21.9 Å². The summed E-state index contributed by atoms with van der Waals surface area (Å²) in [7, 11) is 0.867. The maximum absolute atomic E-state index is 12.1. The van der Waals surface area contributed by atoms with Gasteiger partial charge in [0.25, 0.3) is 15.8 Å². The number of aromatic amines is 1. The molecule has 7 nitrogen and oxygen atoms in total. The number of pyridine rings is 1. The van der Waals surface area contributed by atoms with Gasteiger partial charge in [0.1, 0.15) is 5.75 Å². The topological polar surface area (TPSA) is 91.5 Å². The van der Waals surface area contributed by atoms with E-state index in [0.717, 1.165) is 9.69 Å². The number of ether oxygens (including phenoxy) is 1. The molecule has 0 atom stereocenters. The van der Waals surface area contributed by atoms with Crippen LogP contribution in [0.1, 0.15) is 5.56 Å². The molecule has 0 saturated carbocycles. The minimum atomic E-state index is -3.51. The van der Waals surface area contributed by atoms with Crippen LogP contribution < -0.4 is 15.0 Å². The number of hydrogen-bond acceptors (Lipinski definition) is 4. The predicted octanol–water partition coefficient (Wildman–Crippen LogP) is 1.13. The van der Waals surface area contributed by atoms with E-state index in [2.05, 4.69) is 9.71 Å². The average molecular weight is 360 g/mol. The largest absolute Gasteiger partial charge is 0.495 e. The molecule has 0 fully saturated rings. The van der Waals surface area contributed by atoms with Crippen LogP contribution in [0.15, 0.2) is 23.0 Å². The van der Waals surface area contributed by atoms with Crippen molar-refractivity contribution in [1.82, 2.24) is 14.0 Å². The van der Waals surface area contributed by atoms with Crippen molar-refractivity contribution < 1.29 is 13.2 Å². The lowest BCUT2D eigenvalue weighted by atomic mass is 10.1. The molecule has 0 aliphatic carbocycles. The first-order valence-corrected chi connectivity index (χ1v) is 8.63. The Balaban J connectivity index is 2.26. The second-order valence-electron chi connectivity index (χ2n) is 5.13. The summed E-state index contributed by atoms with van der Waals surface area (Å²) in [6, 6.07) is 5.05. The lowest BCUT2D eigenvalue weighted by Crippen LogP contribution is -2.37. The quantitative estimate of drug-likeness (QED) is 0.808. The Labute approximate surface area is 139 Å². The number of nitrogens with one attached hydrogen (secondary N) is 2. The highest BCUT2D eigenvalue weighted by molar-refractivity contribution is 7.87. The lowest BCUT2D eigenvalue weighted by Gasteiger charge is -2.12. The van der Waals surface area contributed by atoms with E-state index in [4.69, 9.17) is 16.3 Å². The third-order valence-electron chi connectivity index (χ3n) is 3.35. The Hall–Kier alpha value is -1.61. The van der Waals surface area contributed by atoms with E-state index in [1.54, 1.807) is 18.2 Å². The monoisotopic (exact) mass is 359 g/mol. The third-order valence-corrected chi connectivity index (χ3v) is 5.18. The van der Waals surface area contributed by atoms with E-state index < -0.39 is 10.2 Å². The molecule has 2 rings (SSSR count). The first-order chi connectivity index (χ1) is 10.7. The van der Waals surface area contributed by atoms with Gasteiger partial charge in [0.2, 0.25) is 0 Å². The summed E-state index contributed by atoms with van der Waals surface area (Å²) in [6.45, 7) is 0.125.